The summed E-state index contributed by atoms with van der Waals surface area (Å²) < 4.78 is 5.48. The van der Waals surface area contributed by atoms with Gasteiger partial charge in [-0.05, 0) is 48.7 Å². The summed E-state index contributed by atoms with van der Waals surface area (Å²) in [4.78, 5) is 28.1. The molecule has 2 heterocycles. The molecule has 134 valence electrons. The number of thiocarbonyl (C=S) groups is 1. The average molecular weight is 405 g/mol. The highest BCUT2D eigenvalue weighted by Crippen LogP contribution is 2.34. The monoisotopic (exact) mass is 404 g/mol. The molecule has 1 aromatic heterocycles. The Morgan fingerprint density at radius 3 is 2.65 bits per heavy atom. The number of ether oxygens (including phenoxy) is 1. The molecule has 2 aromatic rings. The van der Waals surface area contributed by atoms with Gasteiger partial charge in [0.05, 0.1) is 12.0 Å². The van der Waals surface area contributed by atoms with E-state index >= 15 is 0 Å². The van der Waals surface area contributed by atoms with Crippen LogP contribution in [0.2, 0.25) is 0 Å². The third-order valence-corrected chi connectivity index (χ3v) is 5.91. The molecule has 3 rings (SSSR count). The van der Waals surface area contributed by atoms with Crippen LogP contribution in [0.4, 0.5) is 5.69 Å². The lowest BCUT2D eigenvalue weighted by Crippen LogP contribution is -2.44. The highest BCUT2D eigenvalue weighted by atomic mass is 32.2. The molecule has 0 radical (unpaired) electrons. The summed E-state index contributed by atoms with van der Waals surface area (Å²) in [5.74, 6) is 0.154. The third kappa shape index (κ3) is 3.98. The zero-order valence-corrected chi connectivity index (χ0v) is 16.5. The van der Waals surface area contributed by atoms with Gasteiger partial charge in [0, 0.05) is 10.6 Å². The molecule has 8 heteroatoms. The fourth-order valence-electron chi connectivity index (χ4n) is 2.35. The van der Waals surface area contributed by atoms with E-state index in [4.69, 9.17) is 17.0 Å². The van der Waals surface area contributed by atoms with E-state index in [1.807, 2.05) is 17.5 Å². The van der Waals surface area contributed by atoms with Crippen LogP contribution in [0.1, 0.15) is 11.8 Å². The highest BCUT2D eigenvalue weighted by molar-refractivity contribution is 8.26. The second-order valence-electron chi connectivity index (χ2n) is 5.46. The number of hydrogen-bond donors (Lipinski definition) is 1. The van der Waals surface area contributed by atoms with Crippen LogP contribution in [-0.4, -0.2) is 34.2 Å². The largest absolute Gasteiger partial charge is 0.497 e. The topological polar surface area (TPSA) is 58.6 Å². The second kappa shape index (κ2) is 8.03. The first-order valence-electron chi connectivity index (χ1n) is 7.75. The van der Waals surface area contributed by atoms with Crippen molar-refractivity contribution in [3.05, 3.63) is 51.6 Å². The molecule has 1 N–H and O–H groups in total. The molecule has 5 nitrogen and oxygen atoms in total. The van der Waals surface area contributed by atoms with Crippen LogP contribution in [0.15, 0.2) is 46.7 Å². The van der Waals surface area contributed by atoms with Crippen molar-refractivity contribution in [3.63, 3.8) is 0 Å². The van der Waals surface area contributed by atoms with E-state index in [0.717, 1.165) is 4.88 Å². The maximum absolute atomic E-state index is 12.7. The van der Waals surface area contributed by atoms with Crippen molar-refractivity contribution in [3.8, 4) is 5.75 Å². The van der Waals surface area contributed by atoms with Crippen LogP contribution < -0.4 is 10.1 Å². The van der Waals surface area contributed by atoms with E-state index in [2.05, 4.69) is 5.32 Å². The Labute approximate surface area is 165 Å². The Balaban J connectivity index is 1.71. The number of thioether (sulfide) groups is 1. The van der Waals surface area contributed by atoms with E-state index in [9.17, 15) is 9.59 Å². The summed E-state index contributed by atoms with van der Waals surface area (Å²) in [6, 6.07) is 10.1. The molecule has 1 saturated heterocycles. The van der Waals surface area contributed by atoms with Gasteiger partial charge in [-0.2, -0.15) is 0 Å². The Morgan fingerprint density at radius 2 is 2.04 bits per heavy atom. The predicted octanol–water partition coefficient (Wildman–Crippen LogP) is 3.99. The Bertz CT molecular complexity index is 860. The van der Waals surface area contributed by atoms with Crippen molar-refractivity contribution >= 4 is 63.2 Å². The Morgan fingerprint density at radius 1 is 1.31 bits per heavy atom. The summed E-state index contributed by atoms with van der Waals surface area (Å²) in [5, 5.41) is 4.74. The molecule has 1 aliphatic heterocycles. The number of nitrogens with zero attached hydrogens (tertiary/aromatic N) is 1. The first-order valence-corrected chi connectivity index (χ1v) is 9.85. The Hall–Kier alpha value is -2.16. The minimum absolute atomic E-state index is 0.245. The quantitative estimate of drug-likeness (QED) is 0.603. The zero-order chi connectivity index (χ0) is 18.7. The molecule has 0 spiro atoms. The Kier molecular flexibility index (Phi) is 5.75. The van der Waals surface area contributed by atoms with E-state index in [0.29, 0.717) is 20.7 Å². The van der Waals surface area contributed by atoms with Gasteiger partial charge in [0.2, 0.25) is 5.91 Å². The third-order valence-electron chi connectivity index (χ3n) is 3.76. The number of nitrogens with one attached hydrogen (secondary N) is 1. The van der Waals surface area contributed by atoms with Crippen LogP contribution in [0.5, 0.6) is 5.75 Å². The number of amides is 2. The minimum atomic E-state index is -0.709. The highest BCUT2D eigenvalue weighted by Gasteiger charge is 2.38. The normalized spacial score (nSPS) is 16.8. The SMILES string of the molecule is COc1ccc(NC(=O)C(C)N2C(=O)/C(=C/c3cccs3)SC2=S)cc1. The van der Waals surface area contributed by atoms with Gasteiger partial charge < -0.3 is 10.1 Å². The smallest absolute Gasteiger partial charge is 0.266 e. The van der Waals surface area contributed by atoms with Crippen LogP contribution in [0.3, 0.4) is 0 Å². The van der Waals surface area contributed by atoms with Crippen LogP contribution in [0, 0.1) is 0 Å². The molecule has 0 aliphatic carbocycles. The molecule has 1 unspecified atom stereocenters. The number of carbonyl (C=O) groups is 2. The molecule has 1 atom stereocenters. The predicted molar refractivity (Wildman–Crippen MR) is 110 cm³/mol. The molecule has 0 saturated carbocycles. The standard InChI is InChI=1S/C18H16N2O3S3/c1-11(16(21)19-12-5-7-13(23-2)8-6-12)20-17(22)15(26-18(20)24)10-14-4-3-9-25-14/h3-11H,1-2H3,(H,19,21)/b15-10-. The maximum atomic E-state index is 12.7. The van der Waals surface area contributed by atoms with Crippen molar-refractivity contribution in [2.75, 3.05) is 12.4 Å². The van der Waals surface area contributed by atoms with Crippen LogP contribution in [-0.2, 0) is 9.59 Å². The summed E-state index contributed by atoms with van der Waals surface area (Å²) >= 11 is 8.07. The van der Waals surface area contributed by atoms with Gasteiger partial charge in [0.15, 0.2) is 0 Å². The number of rotatable bonds is 5. The van der Waals surface area contributed by atoms with Crippen molar-refractivity contribution in [1.82, 2.24) is 4.90 Å². The van der Waals surface area contributed by atoms with Gasteiger partial charge in [-0.3, -0.25) is 14.5 Å². The van der Waals surface area contributed by atoms with Gasteiger partial charge in [-0.1, -0.05) is 30.0 Å². The fraction of sp³-hybridized carbons (Fsp3) is 0.167. The summed E-state index contributed by atoms with van der Waals surface area (Å²) in [5.41, 5.74) is 0.627. The van der Waals surface area contributed by atoms with Crippen molar-refractivity contribution in [2.24, 2.45) is 0 Å². The number of carbonyl (C=O) groups excluding carboxylic acids is 2. The lowest BCUT2D eigenvalue weighted by molar-refractivity contribution is -0.129. The zero-order valence-electron chi connectivity index (χ0n) is 14.1. The first-order chi connectivity index (χ1) is 12.5. The first kappa shape index (κ1) is 18.6. The van der Waals surface area contributed by atoms with Gasteiger partial charge >= 0.3 is 0 Å². The second-order valence-corrected chi connectivity index (χ2v) is 8.12. The molecule has 26 heavy (non-hydrogen) atoms. The summed E-state index contributed by atoms with van der Waals surface area (Å²) in [7, 11) is 1.58. The fourth-order valence-corrected chi connectivity index (χ4v) is 4.50. The molecule has 0 bridgehead atoms. The van der Waals surface area contributed by atoms with Crippen LogP contribution in [0.25, 0.3) is 6.08 Å². The molecule has 1 fully saturated rings. The van der Waals surface area contributed by atoms with Gasteiger partial charge in [0.25, 0.3) is 5.91 Å². The van der Waals surface area contributed by atoms with E-state index in [-0.39, 0.29) is 11.8 Å². The van der Waals surface area contributed by atoms with Crippen molar-refractivity contribution in [2.45, 2.75) is 13.0 Å². The molecular formula is C18H16N2O3S3. The van der Waals surface area contributed by atoms with Gasteiger partial charge in [-0.25, -0.2) is 0 Å². The number of anilines is 1. The van der Waals surface area contributed by atoms with Crippen molar-refractivity contribution < 1.29 is 14.3 Å². The number of thiophene rings is 1. The van der Waals surface area contributed by atoms with Gasteiger partial charge in [-0.15, -0.1) is 11.3 Å². The van der Waals surface area contributed by atoms with E-state index < -0.39 is 6.04 Å². The van der Waals surface area contributed by atoms with Crippen molar-refractivity contribution in [1.29, 1.82) is 0 Å². The van der Waals surface area contributed by atoms with Crippen LogP contribution >= 0.6 is 35.3 Å². The molecule has 1 aliphatic rings. The average Bonchev–Trinajstić information content (AvgIpc) is 3.23. The lowest BCUT2D eigenvalue weighted by Gasteiger charge is -2.22. The van der Waals surface area contributed by atoms with E-state index in [1.165, 1.54) is 16.7 Å². The number of hydrogen-bond acceptors (Lipinski definition) is 6. The maximum Gasteiger partial charge on any atom is 0.266 e. The molecular weight excluding hydrogens is 388 g/mol. The van der Waals surface area contributed by atoms with E-state index in [1.54, 1.807) is 55.7 Å². The number of methoxy groups -OCH3 is 1. The minimum Gasteiger partial charge on any atom is -0.497 e. The summed E-state index contributed by atoms with van der Waals surface area (Å²) in [6.07, 6.45) is 1.80. The summed E-state index contributed by atoms with van der Waals surface area (Å²) in [6.45, 7) is 1.66. The molecule has 1 aromatic carbocycles. The lowest BCUT2D eigenvalue weighted by atomic mass is 10.2. The molecule has 2 amide bonds. The number of benzene rings is 1. The van der Waals surface area contributed by atoms with Gasteiger partial charge in [0.1, 0.15) is 16.1 Å².